The first kappa shape index (κ1) is 56.5. The fourth-order valence-electron chi connectivity index (χ4n) is 5.46. The average molecular weight is 972 g/mol. The number of nitrogens with two attached hydrogens (primary N) is 1. The summed E-state index contributed by atoms with van der Waals surface area (Å²) < 4.78 is 48.4. The summed E-state index contributed by atoms with van der Waals surface area (Å²) >= 11 is 0. The van der Waals surface area contributed by atoms with E-state index in [1.807, 2.05) is 0 Å². The number of amides is 9. The van der Waals surface area contributed by atoms with Crippen LogP contribution in [-0.4, -0.2) is 131 Å². The summed E-state index contributed by atoms with van der Waals surface area (Å²) in [6.45, 7) is 5.74. The number of ether oxygens (including phenoxy) is 4. The molecule has 374 valence electrons. The quantitative estimate of drug-likeness (QED) is 0.0215. The zero-order valence-corrected chi connectivity index (χ0v) is 38.6. The first-order valence-corrected chi connectivity index (χ1v) is 22.8. The molecule has 0 aromatic heterocycles. The summed E-state index contributed by atoms with van der Waals surface area (Å²) in [5.41, 5.74) is 6.21. The Morgan fingerprint density at radius 2 is 1.39 bits per heavy atom. The highest BCUT2D eigenvalue weighted by atomic mass is 32.2. The highest BCUT2D eigenvalue weighted by Gasteiger charge is 2.33. The Balaban J connectivity index is 1.67. The number of hydrogen-bond acceptors (Lipinski definition) is 17. The zero-order chi connectivity index (χ0) is 49.9. The van der Waals surface area contributed by atoms with Gasteiger partial charge in [0.1, 0.15) is 25.3 Å². The van der Waals surface area contributed by atoms with Gasteiger partial charge in [0.2, 0.25) is 17.7 Å². The molecule has 0 saturated carbocycles. The van der Waals surface area contributed by atoms with Crippen LogP contribution < -0.4 is 41.8 Å². The van der Waals surface area contributed by atoms with Crippen LogP contribution in [0, 0.1) is 11.8 Å². The topological polar surface area (TPSA) is 364 Å². The molecule has 1 heterocycles. The molecule has 9 amide bonds. The number of anilines is 1. The SMILES string of the molecule is CC(C)C(=O)OCc1ccc(NC(=O)[C@@H](CCCNC(N)=O)NC(=O)[C@H](NC(=O)OCCOCCNS(=O)(=O)NC(=O)OCCCNC(=O)CCCC(=O)ON2C(=O)CCC2=O)C(C)C)cc1. The fraction of sp³-hybridized carbons (Fsp3) is 0.600. The second kappa shape index (κ2) is 29.8. The van der Waals surface area contributed by atoms with E-state index in [1.54, 1.807) is 56.7 Å². The molecule has 2 atom stereocenters. The molecular formula is C40H61N9O17S. The lowest BCUT2D eigenvalue weighted by atomic mass is 10.0. The van der Waals surface area contributed by atoms with E-state index in [-0.39, 0.29) is 116 Å². The lowest BCUT2D eigenvalue weighted by molar-refractivity contribution is -0.197. The van der Waals surface area contributed by atoms with Crippen molar-refractivity contribution in [2.75, 3.05) is 51.4 Å². The molecule has 27 heteroatoms. The van der Waals surface area contributed by atoms with Crippen molar-refractivity contribution in [3.05, 3.63) is 29.8 Å². The lowest BCUT2D eigenvalue weighted by Crippen LogP contribution is -2.54. The highest BCUT2D eigenvalue weighted by molar-refractivity contribution is 7.88. The van der Waals surface area contributed by atoms with Gasteiger partial charge in [0.25, 0.3) is 11.8 Å². The van der Waals surface area contributed by atoms with Crippen LogP contribution in [0.25, 0.3) is 0 Å². The minimum absolute atomic E-state index is 0.0409. The van der Waals surface area contributed by atoms with Crippen molar-refractivity contribution in [2.24, 2.45) is 17.6 Å². The molecule has 67 heavy (non-hydrogen) atoms. The molecule has 0 aliphatic carbocycles. The van der Waals surface area contributed by atoms with E-state index >= 15 is 0 Å². The third-order valence-electron chi connectivity index (χ3n) is 8.98. The van der Waals surface area contributed by atoms with Crippen LogP contribution >= 0.6 is 0 Å². The summed E-state index contributed by atoms with van der Waals surface area (Å²) in [6, 6.07) is 3.50. The van der Waals surface area contributed by atoms with E-state index in [9.17, 15) is 56.4 Å². The number of benzene rings is 1. The normalized spacial score (nSPS) is 13.3. The molecule has 1 aliphatic heterocycles. The number of hydroxylamine groups is 2. The molecule has 26 nitrogen and oxygen atoms in total. The molecular weight excluding hydrogens is 911 g/mol. The molecule has 1 fully saturated rings. The van der Waals surface area contributed by atoms with E-state index in [4.69, 9.17) is 29.5 Å². The Kier molecular flexibility index (Phi) is 25.2. The second-order valence-electron chi connectivity index (χ2n) is 15.3. The number of primary amides is 1. The van der Waals surface area contributed by atoms with E-state index in [2.05, 4.69) is 31.3 Å². The number of nitrogens with zero attached hydrogens (tertiary/aromatic N) is 1. The number of carbonyl (C=O) groups is 10. The Hall–Kier alpha value is -6.61. The number of esters is 1. The van der Waals surface area contributed by atoms with Crippen LogP contribution in [0.1, 0.15) is 84.6 Å². The predicted molar refractivity (Wildman–Crippen MR) is 232 cm³/mol. The van der Waals surface area contributed by atoms with Crippen LogP contribution in [0.2, 0.25) is 0 Å². The molecule has 0 bridgehead atoms. The molecule has 2 rings (SSSR count). The number of alkyl carbamates (subject to hydrolysis) is 1. The monoisotopic (exact) mass is 971 g/mol. The van der Waals surface area contributed by atoms with Crippen molar-refractivity contribution in [3.63, 3.8) is 0 Å². The number of hydrogen-bond donors (Lipinski definition) is 8. The number of imide groups is 1. The van der Waals surface area contributed by atoms with E-state index in [1.165, 1.54) is 0 Å². The standard InChI is InChI=1S/C40H61N9O17S/c1-25(2)34(36(55)46-29(8-6-17-43-38(41)57)35(54)45-28-13-11-27(12-14-28)24-65-37(56)26(3)4)47-39(58)64-23-22-62-21-19-44-67(60,61)48-40(59)63-20-7-18-42-30(50)9-5-10-33(53)66-49-31(51)15-16-32(49)52/h11-14,25-26,29,34,44H,5-10,15-24H2,1-4H3,(H,42,50)(H,45,54)(H,46,55)(H,47,58)(H,48,59)(H3,41,43,57)/t29-,34-/m1/s1. The Morgan fingerprint density at radius 3 is 2.03 bits per heavy atom. The van der Waals surface area contributed by atoms with Crippen molar-refractivity contribution >= 4 is 75.6 Å². The fourth-order valence-corrected chi connectivity index (χ4v) is 6.16. The molecule has 1 saturated heterocycles. The first-order valence-electron chi connectivity index (χ1n) is 21.4. The number of rotatable bonds is 30. The Labute approximate surface area is 387 Å². The summed E-state index contributed by atoms with van der Waals surface area (Å²) in [4.78, 5) is 126. The minimum atomic E-state index is -4.35. The number of urea groups is 1. The third kappa shape index (κ3) is 23.9. The summed E-state index contributed by atoms with van der Waals surface area (Å²) in [6.07, 6.45) is -2.09. The van der Waals surface area contributed by atoms with Gasteiger partial charge in [0.05, 0.1) is 25.7 Å². The molecule has 0 unspecified atom stereocenters. The largest absolute Gasteiger partial charge is 0.461 e. The number of carbonyl (C=O) groups excluding carboxylic acids is 10. The van der Waals surface area contributed by atoms with Crippen LogP contribution in [0.4, 0.5) is 20.1 Å². The van der Waals surface area contributed by atoms with Crippen LogP contribution in [0.3, 0.4) is 0 Å². The third-order valence-corrected chi connectivity index (χ3v) is 9.99. The molecule has 0 spiro atoms. The van der Waals surface area contributed by atoms with Gasteiger partial charge in [-0.3, -0.25) is 28.8 Å². The van der Waals surface area contributed by atoms with Gasteiger partial charge in [-0.15, -0.1) is 5.06 Å². The van der Waals surface area contributed by atoms with Gasteiger partial charge in [0.15, 0.2) is 0 Å². The van der Waals surface area contributed by atoms with Gasteiger partial charge in [-0.05, 0) is 49.3 Å². The Morgan fingerprint density at radius 1 is 0.731 bits per heavy atom. The van der Waals surface area contributed by atoms with Crippen molar-refractivity contribution in [1.82, 2.24) is 35.8 Å². The molecule has 0 radical (unpaired) electrons. The van der Waals surface area contributed by atoms with Gasteiger partial charge < -0.3 is 56.1 Å². The second-order valence-corrected chi connectivity index (χ2v) is 16.8. The maximum absolute atomic E-state index is 13.4. The van der Waals surface area contributed by atoms with E-state index in [0.29, 0.717) is 16.3 Å². The van der Waals surface area contributed by atoms with Gasteiger partial charge >= 0.3 is 40.4 Å². The highest BCUT2D eigenvalue weighted by Crippen LogP contribution is 2.15. The summed E-state index contributed by atoms with van der Waals surface area (Å²) in [7, 11) is -4.35. The summed E-state index contributed by atoms with van der Waals surface area (Å²) in [5, 5.41) is 13.2. The van der Waals surface area contributed by atoms with Gasteiger partial charge in [-0.25, -0.2) is 23.9 Å². The van der Waals surface area contributed by atoms with E-state index in [0.717, 1.165) is 0 Å². The zero-order valence-electron chi connectivity index (χ0n) is 37.8. The van der Waals surface area contributed by atoms with Crippen LogP contribution in [0.15, 0.2) is 24.3 Å². The lowest BCUT2D eigenvalue weighted by Gasteiger charge is -2.25. The van der Waals surface area contributed by atoms with Gasteiger partial charge in [-0.1, -0.05) is 39.8 Å². The van der Waals surface area contributed by atoms with Crippen molar-refractivity contribution in [2.45, 2.75) is 97.8 Å². The molecule has 1 aromatic rings. The minimum Gasteiger partial charge on any atom is -0.461 e. The molecule has 9 N–H and O–H groups in total. The summed E-state index contributed by atoms with van der Waals surface area (Å²) in [5.74, 6) is -4.90. The maximum atomic E-state index is 13.4. The van der Waals surface area contributed by atoms with Gasteiger partial charge in [-0.2, -0.15) is 13.1 Å². The number of nitrogens with one attached hydrogen (secondary N) is 7. The predicted octanol–water partition coefficient (Wildman–Crippen LogP) is -0.131. The van der Waals surface area contributed by atoms with Gasteiger partial charge in [0, 0.05) is 51.0 Å². The Bertz CT molecular complexity index is 1970. The van der Waals surface area contributed by atoms with Crippen molar-refractivity contribution < 1.29 is 80.1 Å². The molecule has 1 aromatic carbocycles. The maximum Gasteiger partial charge on any atom is 0.421 e. The molecule has 1 aliphatic rings. The average Bonchev–Trinajstić information content (AvgIpc) is 3.57. The first-order chi connectivity index (χ1) is 31.7. The van der Waals surface area contributed by atoms with Crippen molar-refractivity contribution in [1.29, 1.82) is 0 Å². The van der Waals surface area contributed by atoms with Crippen molar-refractivity contribution in [3.8, 4) is 0 Å². The van der Waals surface area contributed by atoms with Crippen LogP contribution in [-0.2, 0) is 74.2 Å². The smallest absolute Gasteiger partial charge is 0.421 e. The van der Waals surface area contributed by atoms with Crippen LogP contribution in [0.5, 0.6) is 0 Å². The van der Waals surface area contributed by atoms with E-state index < -0.39 is 81.9 Å².